The standard InChI is InChI=1S/C25H22N2O2/c1-18-13-15-26-19(16-18)8-6-7-14-27-25(28)29-17-24-22-11-4-2-9-20(22)21-10-3-5-12-23(21)24/h2-5,9-13,15-16,24H,7,14,17H2,1H3,(H,27,28). The number of fused-ring (bicyclic) bond motifs is 3. The summed E-state index contributed by atoms with van der Waals surface area (Å²) in [4.78, 5) is 16.3. The van der Waals surface area contributed by atoms with Crippen LogP contribution in [0, 0.1) is 18.8 Å². The lowest BCUT2D eigenvalue weighted by Crippen LogP contribution is -2.26. The minimum Gasteiger partial charge on any atom is -0.449 e. The van der Waals surface area contributed by atoms with Gasteiger partial charge in [-0.1, -0.05) is 54.5 Å². The van der Waals surface area contributed by atoms with Crippen molar-refractivity contribution in [1.29, 1.82) is 0 Å². The van der Waals surface area contributed by atoms with Crippen LogP contribution in [0.1, 0.15) is 34.7 Å². The predicted octanol–water partition coefficient (Wildman–Crippen LogP) is 4.67. The number of nitrogens with one attached hydrogen (secondary N) is 1. The molecule has 0 fully saturated rings. The second-order valence-corrected chi connectivity index (χ2v) is 7.02. The Morgan fingerprint density at radius 3 is 2.45 bits per heavy atom. The number of hydrogen-bond acceptors (Lipinski definition) is 3. The zero-order chi connectivity index (χ0) is 20.1. The molecule has 1 N–H and O–H groups in total. The van der Waals surface area contributed by atoms with Gasteiger partial charge in [0.1, 0.15) is 12.3 Å². The van der Waals surface area contributed by atoms with Crippen LogP contribution in [-0.2, 0) is 4.74 Å². The van der Waals surface area contributed by atoms with E-state index in [9.17, 15) is 4.79 Å². The minimum absolute atomic E-state index is 0.0698. The fraction of sp³-hybridized carbons (Fsp3) is 0.200. The second-order valence-electron chi connectivity index (χ2n) is 7.02. The van der Waals surface area contributed by atoms with Crippen molar-refractivity contribution < 1.29 is 9.53 Å². The molecule has 1 amide bonds. The Morgan fingerprint density at radius 2 is 1.76 bits per heavy atom. The molecule has 1 aromatic heterocycles. The van der Waals surface area contributed by atoms with Crippen molar-refractivity contribution in [2.45, 2.75) is 19.3 Å². The summed E-state index contributed by atoms with van der Waals surface area (Å²) in [6.45, 7) is 2.76. The van der Waals surface area contributed by atoms with Crippen LogP contribution in [0.2, 0.25) is 0 Å². The van der Waals surface area contributed by atoms with Gasteiger partial charge in [-0.3, -0.25) is 0 Å². The van der Waals surface area contributed by atoms with Crippen LogP contribution in [0.3, 0.4) is 0 Å². The molecule has 0 spiro atoms. The smallest absolute Gasteiger partial charge is 0.407 e. The lowest BCUT2D eigenvalue weighted by atomic mass is 9.98. The van der Waals surface area contributed by atoms with Crippen LogP contribution < -0.4 is 5.32 Å². The molecule has 0 atom stereocenters. The molecule has 0 saturated carbocycles. The van der Waals surface area contributed by atoms with Crippen LogP contribution in [0.15, 0.2) is 66.9 Å². The molecule has 0 aliphatic heterocycles. The van der Waals surface area contributed by atoms with Crippen LogP contribution in [-0.4, -0.2) is 24.2 Å². The first-order chi connectivity index (χ1) is 14.2. The minimum atomic E-state index is -0.414. The van der Waals surface area contributed by atoms with E-state index in [0.29, 0.717) is 19.6 Å². The molecule has 1 heterocycles. The zero-order valence-electron chi connectivity index (χ0n) is 16.3. The van der Waals surface area contributed by atoms with E-state index in [2.05, 4.69) is 46.4 Å². The molecule has 0 bridgehead atoms. The zero-order valence-corrected chi connectivity index (χ0v) is 16.3. The number of benzene rings is 2. The molecule has 29 heavy (non-hydrogen) atoms. The number of aromatic nitrogens is 1. The number of amides is 1. The fourth-order valence-electron chi connectivity index (χ4n) is 3.63. The van der Waals surface area contributed by atoms with Crippen molar-refractivity contribution >= 4 is 6.09 Å². The molecule has 0 saturated heterocycles. The molecule has 1 aliphatic rings. The van der Waals surface area contributed by atoms with Gasteiger partial charge in [0.2, 0.25) is 0 Å². The van der Waals surface area contributed by atoms with Gasteiger partial charge in [-0.2, -0.15) is 0 Å². The summed E-state index contributed by atoms with van der Waals surface area (Å²) in [6, 6.07) is 20.5. The maximum absolute atomic E-state index is 12.1. The van der Waals surface area contributed by atoms with Crippen molar-refractivity contribution in [3.63, 3.8) is 0 Å². The highest BCUT2D eigenvalue weighted by Gasteiger charge is 2.28. The van der Waals surface area contributed by atoms with Gasteiger partial charge >= 0.3 is 6.09 Å². The summed E-state index contributed by atoms with van der Waals surface area (Å²) < 4.78 is 5.51. The molecule has 1 aliphatic carbocycles. The van der Waals surface area contributed by atoms with Crippen LogP contribution >= 0.6 is 0 Å². The van der Waals surface area contributed by atoms with Gasteiger partial charge < -0.3 is 10.1 Å². The Bertz CT molecular complexity index is 1050. The van der Waals surface area contributed by atoms with Crippen LogP contribution in [0.5, 0.6) is 0 Å². The van der Waals surface area contributed by atoms with Crippen molar-refractivity contribution in [2.24, 2.45) is 0 Å². The van der Waals surface area contributed by atoms with E-state index in [1.807, 2.05) is 43.3 Å². The second kappa shape index (κ2) is 8.62. The third-order valence-corrected chi connectivity index (χ3v) is 4.99. The quantitative estimate of drug-likeness (QED) is 0.527. The van der Waals surface area contributed by atoms with E-state index < -0.39 is 6.09 Å². The summed E-state index contributed by atoms with van der Waals surface area (Å²) in [7, 11) is 0. The monoisotopic (exact) mass is 382 g/mol. The number of rotatable bonds is 4. The van der Waals surface area contributed by atoms with Crippen molar-refractivity contribution in [3.05, 3.63) is 89.2 Å². The third kappa shape index (κ3) is 4.30. The number of aryl methyl sites for hydroxylation is 1. The highest BCUT2D eigenvalue weighted by atomic mass is 16.5. The average molecular weight is 382 g/mol. The Labute approximate surface area is 171 Å². The first kappa shape index (κ1) is 18.8. The first-order valence-electron chi connectivity index (χ1n) is 9.73. The van der Waals surface area contributed by atoms with Crippen molar-refractivity contribution in [1.82, 2.24) is 10.3 Å². The molecular formula is C25H22N2O2. The van der Waals surface area contributed by atoms with Crippen molar-refractivity contribution in [2.75, 3.05) is 13.2 Å². The third-order valence-electron chi connectivity index (χ3n) is 4.99. The Balaban J connectivity index is 1.29. The predicted molar refractivity (Wildman–Crippen MR) is 114 cm³/mol. The number of alkyl carbamates (subject to hydrolysis) is 1. The maximum Gasteiger partial charge on any atom is 0.407 e. The van der Waals surface area contributed by atoms with E-state index >= 15 is 0 Å². The summed E-state index contributed by atoms with van der Waals surface area (Å²) in [5.74, 6) is 6.10. The molecule has 0 radical (unpaired) electrons. The normalized spacial score (nSPS) is 11.8. The summed E-state index contributed by atoms with van der Waals surface area (Å²) in [5, 5.41) is 2.77. The Kier molecular flexibility index (Phi) is 5.58. The summed E-state index contributed by atoms with van der Waals surface area (Å²) in [6.07, 6.45) is 1.87. The van der Waals surface area contributed by atoms with Gasteiger partial charge in [-0.05, 0) is 52.8 Å². The number of pyridine rings is 1. The topological polar surface area (TPSA) is 51.2 Å². The first-order valence-corrected chi connectivity index (χ1v) is 9.73. The van der Waals surface area contributed by atoms with Gasteiger partial charge in [0.25, 0.3) is 0 Å². The van der Waals surface area contributed by atoms with Crippen LogP contribution in [0.25, 0.3) is 11.1 Å². The highest BCUT2D eigenvalue weighted by Crippen LogP contribution is 2.44. The number of hydrogen-bond donors (Lipinski definition) is 1. The van der Waals surface area contributed by atoms with E-state index in [0.717, 1.165) is 11.3 Å². The maximum atomic E-state index is 12.1. The Morgan fingerprint density at radius 1 is 1.07 bits per heavy atom. The molecule has 144 valence electrons. The number of carbonyl (C=O) groups excluding carboxylic acids is 1. The average Bonchev–Trinajstić information content (AvgIpc) is 3.06. The highest BCUT2D eigenvalue weighted by molar-refractivity contribution is 5.79. The van der Waals surface area contributed by atoms with E-state index in [4.69, 9.17) is 4.74 Å². The van der Waals surface area contributed by atoms with E-state index in [1.165, 1.54) is 22.3 Å². The van der Waals surface area contributed by atoms with Gasteiger partial charge in [-0.25, -0.2) is 9.78 Å². The molecular weight excluding hydrogens is 360 g/mol. The van der Waals surface area contributed by atoms with E-state index in [-0.39, 0.29) is 5.92 Å². The van der Waals surface area contributed by atoms with E-state index in [1.54, 1.807) is 6.20 Å². The lowest BCUT2D eigenvalue weighted by molar-refractivity contribution is 0.143. The summed E-state index contributed by atoms with van der Waals surface area (Å²) in [5.41, 5.74) is 6.72. The van der Waals surface area contributed by atoms with Gasteiger partial charge in [0, 0.05) is 25.1 Å². The largest absolute Gasteiger partial charge is 0.449 e. The Hall–Kier alpha value is -3.58. The number of ether oxygens (including phenoxy) is 1. The molecule has 4 rings (SSSR count). The summed E-state index contributed by atoms with van der Waals surface area (Å²) >= 11 is 0. The molecule has 0 unspecified atom stereocenters. The molecule has 2 aromatic carbocycles. The van der Waals surface area contributed by atoms with Gasteiger partial charge in [-0.15, -0.1) is 0 Å². The fourth-order valence-corrected chi connectivity index (χ4v) is 3.63. The molecule has 4 nitrogen and oxygen atoms in total. The lowest BCUT2D eigenvalue weighted by Gasteiger charge is -2.14. The molecule has 3 aromatic rings. The van der Waals surface area contributed by atoms with Gasteiger partial charge in [0.15, 0.2) is 0 Å². The SMILES string of the molecule is Cc1ccnc(C#CCCNC(=O)OCC2c3ccccc3-c3ccccc32)c1. The molecule has 4 heteroatoms. The van der Waals surface area contributed by atoms with Crippen molar-refractivity contribution in [3.8, 4) is 23.0 Å². The number of carbonyl (C=O) groups is 1. The number of nitrogens with zero attached hydrogens (tertiary/aromatic N) is 1. The van der Waals surface area contributed by atoms with Gasteiger partial charge in [0.05, 0.1) is 0 Å². The van der Waals surface area contributed by atoms with Crippen LogP contribution in [0.4, 0.5) is 4.79 Å².